The number of carbonyl (C=O) groups is 2. The van der Waals surface area contributed by atoms with Crippen LogP contribution in [0.4, 0.5) is 5.82 Å². The summed E-state index contributed by atoms with van der Waals surface area (Å²) in [7, 11) is 0. The molecule has 1 saturated carbocycles. The molecule has 1 aliphatic carbocycles. The minimum Gasteiger partial charge on any atom is -0.494 e. The molecule has 4 aromatic rings. The van der Waals surface area contributed by atoms with Gasteiger partial charge in [-0.05, 0) is 55.2 Å². The number of para-hydroxylation sites is 1. The maximum Gasteiger partial charge on any atom is 0.251 e. The molecule has 0 atom stereocenters. The summed E-state index contributed by atoms with van der Waals surface area (Å²) in [6.07, 6.45) is 4.48. The summed E-state index contributed by atoms with van der Waals surface area (Å²) in [6.45, 7) is 1.08. The molecule has 2 aromatic heterocycles. The number of carbonyl (C=O) groups excluding carboxylic acids is 2. The van der Waals surface area contributed by atoms with Gasteiger partial charge in [0.1, 0.15) is 5.75 Å². The number of benzene rings is 2. The highest BCUT2D eigenvalue weighted by Crippen LogP contribution is 2.31. The van der Waals surface area contributed by atoms with Gasteiger partial charge in [-0.1, -0.05) is 36.4 Å². The average molecular weight is 455 g/mol. The number of aromatic nitrogens is 2. The summed E-state index contributed by atoms with van der Waals surface area (Å²) in [6, 6.07) is 22.9. The van der Waals surface area contributed by atoms with Crippen LogP contribution in [-0.4, -0.2) is 34.6 Å². The number of hydrogen-bond donors (Lipinski definition) is 2. The number of rotatable bonds is 9. The minimum atomic E-state index is -0.112. The van der Waals surface area contributed by atoms with E-state index in [4.69, 9.17) is 4.74 Å². The van der Waals surface area contributed by atoms with E-state index in [0.29, 0.717) is 24.5 Å². The summed E-state index contributed by atoms with van der Waals surface area (Å²) >= 11 is 0. The van der Waals surface area contributed by atoms with Crippen LogP contribution in [0.5, 0.6) is 5.75 Å². The zero-order valence-corrected chi connectivity index (χ0v) is 18.7. The predicted molar refractivity (Wildman–Crippen MR) is 131 cm³/mol. The summed E-state index contributed by atoms with van der Waals surface area (Å²) in [5.41, 5.74) is 3.44. The first-order valence-corrected chi connectivity index (χ1v) is 11.5. The van der Waals surface area contributed by atoms with Crippen molar-refractivity contribution >= 4 is 23.1 Å². The Morgan fingerprint density at radius 3 is 2.56 bits per heavy atom. The molecule has 0 aliphatic heterocycles. The van der Waals surface area contributed by atoms with Gasteiger partial charge in [-0.3, -0.25) is 9.59 Å². The van der Waals surface area contributed by atoms with Crippen molar-refractivity contribution in [1.82, 2.24) is 14.9 Å². The van der Waals surface area contributed by atoms with Crippen molar-refractivity contribution in [3.05, 3.63) is 84.6 Å². The van der Waals surface area contributed by atoms with E-state index in [0.717, 1.165) is 41.7 Å². The lowest BCUT2D eigenvalue weighted by atomic mass is 10.0. The zero-order valence-electron chi connectivity index (χ0n) is 18.7. The number of pyridine rings is 1. The fourth-order valence-corrected chi connectivity index (χ4v) is 3.78. The Labute approximate surface area is 197 Å². The molecule has 2 aromatic carbocycles. The second kappa shape index (κ2) is 9.79. The maximum atomic E-state index is 12.5. The van der Waals surface area contributed by atoms with Gasteiger partial charge >= 0.3 is 0 Å². The number of hydrogen-bond acceptors (Lipinski definition) is 4. The standard InChI is InChI=1S/C27H26N4O3/c32-26(28-15-5-17-34-22-6-2-1-3-7-22)20-11-9-19(10-12-20)23-8-4-16-31-24(23)18-25(30-31)29-27(33)21-13-14-21/h1-4,6-12,16,18,21H,5,13-15,17H2,(H,28,32)(H,29,30,33). The quantitative estimate of drug-likeness (QED) is 0.364. The predicted octanol–water partition coefficient (Wildman–Crippen LogP) is 4.55. The monoisotopic (exact) mass is 454 g/mol. The minimum absolute atomic E-state index is 0.0342. The number of fused-ring (bicyclic) bond motifs is 1. The summed E-state index contributed by atoms with van der Waals surface area (Å²) in [5.74, 6) is 1.43. The number of nitrogens with one attached hydrogen (secondary N) is 2. The van der Waals surface area contributed by atoms with Crippen molar-refractivity contribution in [3.63, 3.8) is 0 Å². The highest BCUT2D eigenvalue weighted by atomic mass is 16.5. The molecule has 0 spiro atoms. The lowest BCUT2D eigenvalue weighted by molar-refractivity contribution is -0.117. The van der Waals surface area contributed by atoms with Crippen molar-refractivity contribution in [2.45, 2.75) is 19.3 Å². The highest BCUT2D eigenvalue weighted by molar-refractivity contribution is 5.96. The van der Waals surface area contributed by atoms with E-state index in [1.54, 1.807) is 4.52 Å². The first-order valence-electron chi connectivity index (χ1n) is 11.5. The van der Waals surface area contributed by atoms with E-state index in [-0.39, 0.29) is 17.7 Å². The largest absolute Gasteiger partial charge is 0.494 e. The Morgan fingerprint density at radius 2 is 1.79 bits per heavy atom. The van der Waals surface area contributed by atoms with E-state index < -0.39 is 0 Å². The summed E-state index contributed by atoms with van der Waals surface area (Å²) in [4.78, 5) is 24.6. The first-order chi connectivity index (χ1) is 16.7. The van der Waals surface area contributed by atoms with Crippen LogP contribution in [0.2, 0.25) is 0 Å². The third-order valence-electron chi connectivity index (χ3n) is 5.78. The molecule has 7 heteroatoms. The van der Waals surface area contributed by atoms with Gasteiger partial charge in [-0.15, -0.1) is 0 Å². The van der Waals surface area contributed by atoms with E-state index >= 15 is 0 Å². The molecule has 1 aliphatic rings. The second-order valence-electron chi connectivity index (χ2n) is 8.39. The Bertz CT molecular complexity index is 1290. The van der Waals surface area contributed by atoms with Crippen molar-refractivity contribution in [3.8, 4) is 16.9 Å². The number of anilines is 1. The van der Waals surface area contributed by atoms with Gasteiger partial charge in [-0.25, -0.2) is 4.52 Å². The molecule has 5 rings (SSSR count). The Hall–Kier alpha value is -4.13. The van der Waals surface area contributed by atoms with Crippen molar-refractivity contribution in [2.24, 2.45) is 5.92 Å². The van der Waals surface area contributed by atoms with Gasteiger partial charge in [0.15, 0.2) is 5.82 Å². The average Bonchev–Trinajstić information content (AvgIpc) is 3.64. The molecule has 0 saturated heterocycles. The fraction of sp³-hybridized carbons (Fsp3) is 0.222. The molecule has 34 heavy (non-hydrogen) atoms. The SMILES string of the molecule is O=C(NCCCOc1ccccc1)c1ccc(-c2cccn3nc(NC(=O)C4CC4)cc23)cc1. The van der Waals surface area contributed by atoms with Crippen LogP contribution in [0.15, 0.2) is 79.0 Å². The van der Waals surface area contributed by atoms with Gasteiger partial charge in [0.25, 0.3) is 5.91 Å². The van der Waals surface area contributed by atoms with E-state index in [2.05, 4.69) is 15.7 Å². The van der Waals surface area contributed by atoms with Gasteiger partial charge < -0.3 is 15.4 Å². The molecular weight excluding hydrogens is 428 g/mol. The highest BCUT2D eigenvalue weighted by Gasteiger charge is 2.30. The second-order valence-corrected chi connectivity index (χ2v) is 8.39. The molecular formula is C27H26N4O3. The third kappa shape index (κ3) is 5.09. The van der Waals surface area contributed by atoms with Crippen molar-refractivity contribution < 1.29 is 14.3 Å². The molecule has 2 heterocycles. The van der Waals surface area contributed by atoms with Crippen molar-refractivity contribution in [2.75, 3.05) is 18.5 Å². The van der Waals surface area contributed by atoms with E-state index in [9.17, 15) is 9.59 Å². The normalized spacial score (nSPS) is 12.9. The van der Waals surface area contributed by atoms with Crippen LogP contribution in [0.25, 0.3) is 16.6 Å². The summed E-state index contributed by atoms with van der Waals surface area (Å²) < 4.78 is 7.41. The third-order valence-corrected chi connectivity index (χ3v) is 5.78. The number of nitrogens with zero attached hydrogens (tertiary/aromatic N) is 2. The maximum absolute atomic E-state index is 12.5. The lowest BCUT2D eigenvalue weighted by Gasteiger charge is -2.08. The molecule has 0 radical (unpaired) electrons. The first kappa shape index (κ1) is 21.7. The molecule has 2 amide bonds. The topological polar surface area (TPSA) is 84.7 Å². The van der Waals surface area contributed by atoms with Gasteiger partial charge in [0.05, 0.1) is 12.1 Å². The van der Waals surface area contributed by atoms with Crippen LogP contribution in [0.1, 0.15) is 29.6 Å². The van der Waals surface area contributed by atoms with Gasteiger partial charge in [0.2, 0.25) is 5.91 Å². The smallest absolute Gasteiger partial charge is 0.251 e. The zero-order chi connectivity index (χ0) is 23.3. The number of ether oxygens (including phenoxy) is 1. The number of amides is 2. The van der Waals surface area contributed by atoms with E-state index in [1.807, 2.05) is 79.0 Å². The molecule has 0 unspecified atom stereocenters. The Kier molecular flexibility index (Phi) is 6.25. The Balaban J connectivity index is 1.19. The van der Waals surface area contributed by atoms with E-state index in [1.165, 1.54) is 0 Å². The van der Waals surface area contributed by atoms with Crippen LogP contribution >= 0.6 is 0 Å². The summed E-state index contributed by atoms with van der Waals surface area (Å²) in [5, 5.41) is 10.3. The fourth-order valence-electron chi connectivity index (χ4n) is 3.78. The van der Waals surface area contributed by atoms with Crippen LogP contribution < -0.4 is 15.4 Å². The Morgan fingerprint density at radius 1 is 1.00 bits per heavy atom. The van der Waals surface area contributed by atoms with Gasteiger partial charge in [-0.2, -0.15) is 5.10 Å². The molecule has 172 valence electrons. The van der Waals surface area contributed by atoms with Crippen LogP contribution in [0, 0.1) is 5.92 Å². The molecule has 0 bridgehead atoms. The van der Waals surface area contributed by atoms with Crippen LogP contribution in [-0.2, 0) is 4.79 Å². The molecule has 7 nitrogen and oxygen atoms in total. The lowest BCUT2D eigenvalue weighted by Crippen LogP contribution is -2.25. The molecule has 2 N–H and O–H groups in total. The molecule has 1 fully saturated rings. The van der Waals surface area contributed by atoms with Crippen LogP contribution in [0.3, 0.4) is 0 Å². The van der Waals surface area contributed by atoms with Crippen molar-refractivity contribution in [1.29, 1.82) is 0 Å². The van der Waals surface area contributed by atoms with Gasteiger partial charge in [0, 0.05) is 35.9 Å².